The van der Waals surface area contributed by atoms with Gasteiger partial charge in [0, 0.05) is 56.5 Å². The van der Waals surface area contributed by atoms with Gasteiger partial charge in [0.25, 0.3) is 0 Å². The normalized spacial score (nSPS) is 12.2. The second kappa shape index (κ2) is 13.0. The van der Waals surface area contributed by atoms with Gasteiger partial charge in [-0.25, -0.2) is 9.97 Å². The van der Waals surface area contributed by atoms with Crippen molar-refractivity contribution in [2.24, 2.45) is 0 Å². The van der Waals surface area contributed by atoms with E-state index in [2.05, 4.69) is 39.4 Å². The molecule has 0 bridgehead atoms. The van der Waals surface area contributed by atoms with Crippen LogP contribution in [0.3, 0.4) is 0 Å². The number of hydrogen-bond donors (Lipinski definition) is 1. The first-order valence-electron chi connectivity index (χ1n) is 13.6. The van der Waals surface area contributed by atoms with Gasteiger partial charge in [-0.3, -0.25) is 9.36 Å². The highest BCUT2D eigenvalue weighted by atomic mass is 16.6. The van der Waals surface area contributed by atoms with Gasteiger partial charge in [-0.1, -0.05) is 24.3 Å². The van der Waals surface area contributed by atoms with Gasteiger partial charge in [-0.05, 0) is 49.6 Å². The van der Waals surface area contributed by atoms with Crippen molar-refractivity contribution in [3.05, 3.63) is 84.6 Å². The van der Waals surface area contributed by atoms with Gasteiger partial charge in [0.1, 0.15) is 25.4 Å². The van der Waals surface area contributed by atoms with Crippen LogP contribution in [0.4, 0.5) is 11.5 Å². The Morgan fingerprint density at radius 2 is 1.85 bits per heavy atom. The van der Waals surface area contributed by atoms with Crippen molar-refractivity contribution in [3.63, 3.8) is 0 Å². The number of hydrogen-bond acceptors (Lipinski definition) is 8. The molecule has 2 aromatic heterocycles. The van der Waals surface area contributed by atoms with E-state index < -0.39 is 0 Å². The molecule has 0 atom stereocenters. The van der Waals surface area contributed by atoms with E-state index in [9.17, 15) is 4.79 Å². The van der Waals surface area contributed by atoms with Gasteiger partial charge in [0.2, 0.25) is 11.9 Å². The first-order chi connectivity index (χ1) is 19.5. The first kappa shape index (κ1) is 27.0. The summed E-state index contributed by atoms with van der Waals surface area (Å²) in [6, 6.07) is 18.1. The van der Waals surface area contributed by atoms with Crippen molar-refractivity contribution in [1.29, 1.82) is 0 Å². The summed E-state index contributed by atoms with van der Waals surface area (Å²) < 4.78 is 13.1. The number of aromatic nitrogens is 4. The number of nitrogens with one attached hydrogen (secondary N) is 1. The third kappa shape index (κ3) is 7.07. The Labute approximate surface area is 234 Å². The number of para-hydroxylation sites is 1. The fourth-order valence-corrected chi connectivity index (χ4v) is 4.60. The van der Waals surface area contributed by atoms with Crippen LogP contribution in [0.15, 0.2) is 73.3 Å². The number of carbonyl (C=O) groups is 1. The topological polar surface area (TPSA) is 97.6 Å². The van der Waals surface area contributed by atoms with Crippen LogP contribution in [0.1, 0.15) is 17.7 Å². The van der Waals surface area contributed by atoms with Crippen LogP contribution in [-0.2, 0) is 11.2 Å². The number of imidazole rings is 1. The van der Waals surface area contributed by atoms with E-state index in [1.54, 1.807) is 17.1 Å². The monoisotopic (exact) mass is 541 g/mol. The molecular weight excluding hydrogens is 506 g/mol. The van der Waals surface area contributed by atoms with E-state index in [0.29, 0.717) is 44.5 Å². The molecule has 10 nitrogen and oxygen atoms in total. The summed E-state index contributed by atoms with van der Waals surface area (Å²) in [5.74, 6) is 2.70. The standard InChI is InChI=1S/C30H35N7O3/c1-23-19-28(34-30(33-23)37-16-13-31-22-37)36(15-6-14-35(2)25-7-4-3-5-8-25)21-29(38)32-12-11-24-9-10-26-27(20-24)40-18-17-39-26/h3-5,7-10,13,16,19-20,22H,6,11-12,14-15,17-18,21H2,1-2H3,(H,32,38). The predicted molar refractivity (Wildman–Crippen MR) is 155 cm³/mol. The maximum Gasteiger partial charge on any atom is 0.239 e. The summed E-state index contributed by atoms with van der Waals surface area (Å²) in [6.45, 7) is 5.26. The van der Waals surface area contributed by atoms with Crippen LogP contribution in [0, 0.1) is 6.92 Å². The summed E-state index contributed by atoms with van der Waals surface area (Å²) in [5, 5.41) is 3.07. The summed E-state index contributed by atoms with van der Waals surface area (Å²) in [4.78, 5) is 30.8. The number of nitrogens with zero attached hydrogens (tertiary/aromatic N) is 6. The zero-order valence-electron chi connectivity index (χ0n) is 23.0. The molecule has 1 amide bonds. The summed E-state index contributed by atoms with van der Waals surface area (Å²) >= 11 is 0. The molecule has 0 unspecified atom stereocenters. The summed E-state index contributed by atoms with van der Waals surface area (Å²) in [5.41, 5.74) is 3.06. The van der Waals surface area contributed by atoms with Crippen molar-refractivity contribution in [1.82, 2.24) is 24.8 Å². The molecule has 0 aliphatic carbocycles. The molecule has 208 valence electrons. The maximum atomic E-state index is 13.1. The third-order valence-electron chi connectivity index (χ3n) is 6.68. The molecule has 4 aromatic rings. The Kier molecular flexibility index (Phi) is 8.75. The minimum atomic E-state index is -0.0607. The minimum Gasteiger partial charge on any atom is -0.486 e. The van der Waals surface area contributed by atoms with E-state index in [-0.39, 0.29) is 12.5 Å². The number of anilines is 2. The number of ether oxygens (including phenoxy) is 2. The molecule has 3 heterocycles. The van der Waals surface area contributed by atoms with Gasteiger partial charge in [0.05, 0.1) is 6.54 Å². The number of aryl methyl sites for hydroxylation is 1. The lowest BCUT2D eigenvalue weighted by atomic mass is 10.1. The maximum absolute atomic E-state index is 13.1. The highest BCUT2D eigenvalue weighted by molar-refractivity contribution is 5.81. The number of benzene rings is 2. The number of carbonyl (C=O) groups excluding carboxylic acids is 1. The predicted octanol–water partition coefficient (Wildman–Crippen LogP) is 3.43. The molecule has 0 radical (unpaired) electrons. The molecule has 0 saturated heterocycles. The van der Waals surface area contributed by atoms with Crippen molar-refractivity contribution in [3.8, 4) is 17.4 Å². The van der Waals surface area contributed by atoms with E-state index in [0.717, 1.165) is 41.4 Å². The average molecular weight is 542 g/mol. The SMILES string of the molecule is Cc1cc(N(CCCN(C)c2ccccc2)CC(=O)NCCc2ccc3c(c2)OCCO3)nc(-n2ccnc2)n1. The van der Waals surface area contributed by atoms with Crippen molar-refractivity contribution < 1.29 is 14.3 Å². The Morgan fingerprint density at radius 3 is 2.65 bits per heavy atom. The Hall–Kier alpha value is -4.60. The van der Waals surface area contributed by atoms with Crippen LogP contribution < -0.4 is 24.6 Å². The van der Waals surface area contributed by atoms with Gasteiger partial charge < -0.3 is 24.6 Å². The second-order valence-corrected chi connectivity index (χ2v) is 9.75. The van der Waals surface area contributed by atoms with Crippen molar-refractivity contribution in [2.45, 2.75) is 19.8 Å². The molecular formula is C30H35N7O3. The second-order valence-electron chi connectivity index (χ2n) is 9.75. The summed E-state index contributed by atoms with van der Waals surface area (Å²) in [6.07, 6.45) is 6.71. The lowest BCUT2D eigenvalue weighted by Gasteiger charge is -2.26. The number of amides is 1. The van der Waals surface area contributed by atoms with E-state index in [4.69, 9.17) is 14.5 Å². The minimum absolute atomic E-state index is 0.0607. The third-order valence-corrected chi connectivity index (χ3v) is 6.68. The Balaban J connectivity index is 1.23. The number of rotatable bonds is 12. The van der Waals surface area contributed by atoms with Crippen LogP contribution >= 0.6 is 0 Å². The fraction of sp³-hybridized carbons (Fsp3) is 0.333. The fourth-order valence-electron chi connectivity index (χ4n) is 4.60. The van der Waals surface area contributed by atoms with Crippen molar-refractivity contribution in [2.75, 3.05) is 56.2 Å². The lowest BCUT2D eigenvalue weighted by molar-refractivity contribution is -0.119. The van der Waals surface area contributed by atoms with Gasteiger partial charge in [0.15, 0.2) is 11.5 Å². The Morgan fingerprint density at radius 1 is 1.02 bits per heavy atom. The summed E-state index contributed by atoms with van der Waals surface area (Å²) in [7, 11) is 2.08. The molecule has 0 saturated carbocycles. The zero-order chi connectivity index (χ0) is 27.7. The molecule has 40 heavy (non-hydrogen) atoms. The largest absolute Gasteiger partial charge is 0.486 e. The van der Waals surface area contributed by atoms with Gasteiger partial charge >= 0.3 is 0 Å². The van der Waals surface area contributed by atoms with Crippen LogP contribution in [0.25, 0.3) is 5.95 Å². The van der Waals surface area contributed by atoms with Gasteiger partial charge in [-0.2, -0.15) is 4.98 Å². The van der Waals surface area contributed by atoms with E-state index >= 15 is 0 Å². The molecule has 1 aliphatic heterocycles. The molecule has 10 heteroatoms. The highest BCUT2D eigenvalue weighted by Gasteiger charge is 2.17. The smallest absolute Gasteiger partial charge is 0.239 e. The van der Waals surface area contributed by atoms with Gasteiger partial charge in [-0.15, -0.1) is 0 Å². The molecule has 5 rings (SSSR count). The molecule has 0 fully saturated rings. The zero-order valence-corrected chi connectivity index (χ0v) is 23.0. The van der Waals surface area contributed by atoms with Crippen LogP contribution in [0.2, 0.25) is 0 Å². The van der Waals surface area contributed by atoms with Crippen LogP contribution in [-0.4, -0.2) is 71.9 Å². The molecule has 0 spiro atoms. The average Bonchev–Trinajstić information content (AvgIpc) is 3.52. The van der Waals surface area contributed by atoms with E-state index in [1.165, 1.54) is 0 Å². The quantitative estimate of drug-likeness (QED) is 0.291. The number of fused-ring (bicyclic) bond motifs is 1. The Bertz CT molecular complexity index is 1400. The first-order valence-corrected chi connectivity index (χ1v) is 13.6. The lowest BCUT2D eigenvalue weighted by Crippen LogP contribution is -2.40. The molecule has 2 aromatic carbocycles. The molecule has 1 N–H and O–H groups in total. The highest BCUT2D eigenvalue weighted by Crippen LogP contribution is 2.30. The van der Waals surface area contributed by atoms with Crippen LogP contribution in [0.5, 0.6) is 11.5 Å². The van der Waals surface area contributed by atoms with E-state index in [1.807, 2.05) is 60.5 Å². The van der Waals surface area contributed by atoms with Crippen molar-refractivity contribution >= 4 is 17.4 Å². The molecule has 1 aliphatic rings.